The van der Waals surface area contributed by atoms with Crippen molar-refractivity contribution in [1.29, 1.82) is 0 Å². The van der Waals surface area contributed by atoms with Gasteiger partial charge in [0.15, 0.2) is 0 Å². The van der Waals surface area contributed by atoms with Crippen molar-refractivity contribution in [3.8, 4) is 0 Å². The van der Waals surface area contributed by atoms with Gasteiger partial charge in [0.1, 0.15) is 6.61 Å². The van der Waals surface area contributed by atoms with E-state index in [9.17, 15) is 9.59 Å². The highest BCUT2D eigenvalue weighted by molar-refractivity contribution is 6.31. The number of piperidine rings is 1. The molecule has 25 heavy (non-hydrogen) atoms. The van der Waals surface area contributed by atoms with E-state index >= 15 is 0 Å². The first-order valence-electron chi connectivity index (χ1n) is 8.98. The SMILES string of the molecule is Cc1ccc(C2C3CN(C(=O)[C@@H]4CCC45COC(=O)N5)C[C@H]32)cc1Cl. The van der Waals surface area contributed by atoms with Gasteiger partial charge in [-0.25, -0.2) is 4.79 Å². The fourth-order valence-corrected chi connectivity index (χ4v) is 5.22. The van der Waals surface area contributed by atoms with Crippen LogP contribution in [0.5, 0.6) is 0 Å². The summed E-state index contributed by atoms with van der Waals surface area (Å²) >= 11 is 6.26. The van der Waals surface area contributed by atoms with Gasteiger partial charge in [-0.1, -0.05) is 23.7 Å². The number of hydrogen-bond donors (Lipinski definition) is 1. The maximum absolute atomic E-state index is 12.9. The first kappa shape index (κ1) is 15.5. The summed E-state index contributed by atoms with van der Waals surface area (Å²) in [6.45, 7) is 3.98. The minimum atomic E-state index is -0.440. The number of carbonyl (C=O) groups excluding carboxylic acids is 2. The molecule has 3 unspecified atom stereocenters. The summed E-state index contributed by atoms with van der Waals surface area (Å²) in [5.74, 6) is 1.70. The van der Waals surface area contributed by atoms with E-state index in [2.05, 4.69) is 23.5 Å². The summed E-state index contributed by atoms with van der Waals surface area (Å²) in [5, 5.41) is 3.69. The number of fused-ring (bicyclic) bond motifs is 1. The Balaban J connectivity index is 1.24. The van der Waals surface area contributed by atoms with Crippen LogP contribution < -0.4 is 5.32 Å². The molecule has 0 aromatic heterocycles. The summed E-state index contributed by atoms with van der Waals surface area (Å²) in [6, 6.07) is 6.33. The van der Waals surface area contributed by atoms with E-state index < -0.39 is 11.6 Å². The number of ether oxygens (including phenoxy) is 1. The zero-order chi connectivity index (χ0) is 17.3. The number of nitrogens with zero attached hydrogens (tertiary/aromatic N) is 1. The number of benzene rings is 1. The molecule has 1 spiro atoms. The fourth-order valence-electron chi connectivity index (χ4n) is 5.03. The lowest BCUT2D eigenvalue weighted by Crippen LogP contribution is -2.62. The first-order chi connectivity index (χ1) is 12.0. The molecule has 1 aromatic rings. The van der Waals surface area contributed by atoms with E-state index in [4.69, 9.17) is 16.3 Å². The number of halogens is 1. The van der Waals surface area contributed by atoms with Crippen molar-refractivity contribution in [2.75, 3.05) is 19.7 Å². The molecule has 1 aromatic carbocycles. The zero-order valence-corrected chi connectivity index (χ0v) is 14.9. The van der Waals surface area contributed by atoms with Crippen LogP contribution in [0, 0.1) is 24.7 Å². The molecule has 2 aliphatic carbocycles. The van der Waals surface area contributed by atoms with Crippen LogP contribution in [-0.2, 0) is 9.53 Å². The largest absolute Gasteiger partial charge is 0.447 e. The van der Waals surface area contributed by atoms with Gasteiger partial charge in [0.2, 0.25) is 5.91 Å². The number of nitrogens with one attached hydrogen (secondary N) is 1. The van der Waals surface area contributed by atoms with E-state index in [0.717, 1.165) is 36.5 Å². The Kier molecular flexibility index (Phi) is 3.18. The van der Waals surface area contributed by atoms with Gasteiger partial charge in [-0.2, -0.15) is 0 Å². The van der Waals surface area contributed by atoms with Gasteiger partial charge < -0.3 is 15.0 Å². The lowest BCUT2D eigenvalue weighted by Gasteiger charge is -2.45. The van der Waals surface area contributed by atoms with Gasteiger partial charge >= 0.3 is 6.09 Å². The number of carbonyl (C=O) groups is 2. The highest BCUT2D eigenvalue weighted by atomic mass is 35.5. The van der Waals surface area contributed by atoms with Crippen molar-refractivity contribution in [3.05, 3.63) is 34.3 Å². The van der Waals surface area contributed by atoms with Crippen molar-refractivity contribution in [1.82, 2.24) is 10.2 Å². The molecule has 5 rings (SSSR count). The molecular weight excluding hydrogens is 340 g/mol. The highest BCUT2D eigenvalue weighted by Crippen LogP contribution is 2.59. The molecular formula is C19H21ClN2O3. The van der Waals surface area contributed by atoms with E-state index in [-0.39, 0.29) is 11.8 Å². The predicted octanol–water partition coefficient (Wildman–Crippen LogP) is 2.71. The van der Waals surface area contributed by atoms with Gasteiger partial charge in [-0.05, 0) is 54.7 Å². The van der Waals surface area contributed by atoms with E-state index in [1.807, 2.05) is 11.8 Å². The molecule has 2 amide bonds. The smallest absolute Gasteiger partial charge is 0.407 e. The monoisotopic (exact) mass is 360 g/mol. The van der Waals surface area contributed by atoms with Crippen LogP contribution in [0.25, 0.3) is 0 Å². The Morgan fingerprint density at radius 1 is 1.36 bits per heavy atom. The van der Waals surface area contributed by atoms with Crippen LogP contribution in [-0.4, -0.2) is 42.1 Å². The van der Waals surface area contributed by atoms with E-state index in [0.29, 0.717) is 24.4 Å². The van der Waals surface area contributed by atoms with Crippen molar-refractivity contribution in [3.63, 3.8) is 0 Å². The number of aryl methyl sites for hydroxylation is 1. The first-order valence-corrected chi connectivity index (χ1v) is 9.36. The van der Waals surface area contributed by atoms with E-state index in [1.54, 1.807) is 0 Å². The molecule has 132 valence electrons. The molecule has 2 saturated heterocycles. The van der Waals surface area contributed by atoms with Crippen LogP contribution in [0.4, 0.5) is 4.79 Å². The summed E-state index contributed by atoms with van der Waals surface area (Å²) in [4.78, 5) is 26.3. The Morgan fingerprint density at radius 2 is 2.12 bits per heavy atom. The molecule has 2 heterocycles. The number of alkyl carbamates (subject to hydrolysis) is 1. The predicted molar refractivity (Wildman–Crippen MR) is 92.4 cm³/mol. The topological polar surface area (TPSA) is 58.6 Å². The quantitative estimate of drug-likeness (QED) is 0.882. The minimum absolute atomic E-state index is 0.122. The molecule has 5 nitrogen and oxygen atoms in total. The lowest BCUT2D eigenvalue weighted by atomic mass is 9.66. The number of hydrogen-bond acceptors (Lipinski definition) is 3. The molecule has 5 atom stereocenters. The van der Waals surface area contributed by atoms with Gasteiger partial charge in [0, 0.05) is 18.1 Å². The van der Waals surface area contributed by atoms with Crippen molar-refractivity contribution < 1.29 is 14.3 Å². The highest BCUT2D eigenvalue weighted by Gasteiger charge is 2.61. The van der Waals surface area contributed by atoms with Crippen molar-refractivity contribution in [2.24, 2.45) is 17.8 Å². The second-order valence-corrected chi connectivity index (χ2v) is 8.46. The molecule has 2 aliphatic heterocycles. The Labute approximate surface area is 151 Å². The summed E-state index contributed by atoms with van der Waals surface area (Å²) in [6.07, 6.45) is 1.28. The number of cyclic esters (lactones) is 1. The van der Waals surface area contributed by atoms with Crippen LogP contribution in [0.2, 0.25) is 5.02 Å². The summed E-state index contributed by atoms with van der Waals surface area (Å²) in [5.41, 5.74) is 1.96. The zero-order valence-electron chi connectivity index (χ0n) is 14.1. The number of likely N-dealkylation sites (tertiary alicyclic amines) is 1. The van der Waals surface area contributed by atoms with Crippen LogP contribution >= 0.6 is 11.6 Å². The third kappa shape index (κ3) is 2.21. The van der Waals surface area contributed by atoms with Crippen molar-refractivity contribution in [2.45, 2.75) is 31.2 Å². The minimum Gasteiger partial charge on any atom is -0.447 e. The maximum Gasteiger partial charge on any atom is 0.407 e. The number of amides is 2. The fraction of sp³-hybridized carbons (Fsp3) is 0.579. The van der Waals surface area contributed by atoms with Crippen molar-refractivity contribution >= 4 is 23.6 Å². The van der Waals surface area contributed by atoms with Gasteiger partial charge in [-0.3, -0.25) is 4.79 Å². The molecule has 1 N–H and O–H groups in total. The maximum atomic E-state index is 12.9. The van der Waals surface area contributed by atoms with Crippen LogP contribution in [0.15, 0.2) is 18.2 Å². The average molecular weight is 361 g/mol. The summed E-state index contributed by atoms with van der Waals surface area (Å²) < 4.78 is 5.05. The molecule has 4 aliphatic rings. The van der Waals surface area contributed by atoms with Crippen LogP contribution in [0.1, 0.15) is 29.9 Å². The molecule has 0 bridgehead atoms. The summed E-state index contributed by atoms with van der Waals surface area (Å²) in [7, 11) is 0. The van der Waals surface area contributed by atoms with E-state index in [1.165, 1.54) is 5.56 Å². The Bertz CT molecular complexity index is 770. The molecule has 0 radical (unpaired) electrons. The second kappa shape index (κ2) is 5.13. The third-order valence-electron chi connectivity index (χ3n) is 6.74. The average Bonchev–Trinajstić information content (AvgIpc) is 2.92. The Morgan fingerprint density at radius 3 is 2.68 bits per heavy atom. The second-order valence-electron chi connectivity index (χ2n) is 8.05. The lowest BCUT2D eigenvalue weighted by molar-refractivity contribution is -0.142. The van der Waals surface area contributed by atoms with Gasteiger partial charge in [0.25, 0.3) is 0 Å². The number of rotatable bonds is 2. The molecule has 2 saturated carbocycles. The van der Waals surface area contributed by atoms with Gasteiger partial charge in [0.05, 0.1) is 11.5 Å². The molecule has 6 heteroatoms. The Hall–Kier alpha value is -1.75. The normalized spacial score (nSPS) is 38.2. The third-order valence-corrected chi connectivity index (χ3v) is 7.15. The molecule has 4 fully saturated rings. The van der Waals surface area contributed by atoms with Gasteiger partial charge in [-0.15, -0.1) is 0 Å². The van der Waals surface area contributed by atoms with Crippen LogP contribution in [0.3, 0.4) is 0 Å². The standard InChI is InChI=1S/C19H21ClN2O3/c1-10-2-3-11(6-15(10)20)16-12-7-22(8-13(12)16)17(23)14-4-5-19(14)9-25-18(24)21-19/h2-3,6,12-14,16H,4-5,7-9H2,1H3,(H,21,24)/t12-,13?,14+,16?,19?/m1/s1.